The van der Waals surface area contributed by atoms with Crippen LogP contribution in [0.2, 0.25) is 0 Å². The maximum atomic E-state index is 11.4. The van der Waals surface area contributed by atoms with Gasteiger partial charge in [0.15, 0.2) is 9.84 Å². The lowest BCUT2D eigenvalue weighted by Gasteiger charge is -2.03. The summed E-state index contributed by atoms with van der Waals surface area (Å²) in [7, 11) is -3.13. The monoisotopic (exact) mass is 236 g/mol. The number of benzene rings is 2. The van der Waals surface area contributed by atoms with E-state index in [-0.39, 0.29) is 0 Å². The van der Waals surface area contributed by atoms with E-state index in [2.05, 4.69) is 0 Å². The second-order valence-corrected chi connectivity index (χ2v) is 5.23. The van der Waals surface area contributed by atoms with E-state index in [9.17, 15) is 8.42 Å². The van der Waals surface area contributed by atoms with Crippen LogP contribution in [0.25, 0.3) is 10.8 Å². The minimum Gasteiger partial charge on any atom is -0.224 e. The smallest absolute Gasteiger partial charge is 0.176 e. The molecule has 0 radical (unpaired) electrons. The summed E-state index contributed by atoms with van der Waals surface area (Å²) in [4.78, 5) is 0.399. The van der Waals surface area contributed by atoms with Gasteiger partial charge in [-0.05, 0) is 11.5 Å². The summed E-state index contributed by atoms with van der Waals surface area (Å²) in [6.45, 7) is 4.00. The van der Waals surface area contributed by atoms with Crippen molar-refractivity contribution in [2.24, 2.45) is 0 Å². The van der Waals surface area contributed by atoms with Crippen molar-refractivity contribution in [2.75, 3.05) is 6.26 Å². The normalized spacial score (nSPS) is 10.7. The Morgan fingerprint density at radius 3 is 2.06 bits per heavy atom. The largest absolute Gasteiger partial charge is 0.224 e. The fourth-order valence-corrected chi connectivity index (χ4v) is 2.43. The van der Waals surface area contributed by atoms with Gasteiger partial charge in [-0.3, -0.25) is 0 Å². The van der Waals surface area contributed by atoms with Crippen molar-refractivity contribution in [3.05, 3.63) is 42.5 Å². The van der Waals surface area contributed by atoms with Gasteiger partial charge in [0.2, 0.25) is 0 Å². The van der Waals surface area contributed by atoms with Crippen molar-refractivity contribution in [1.29, 1.82) is 0 Å². The fraction of sp³-hybridized carbons (Fsp3) is 0.231. The summed E-state index contributed by atoms with van der Waals surface area (Å²) >= 11 is 0. The third kappa shape index (κ3) is 2.61. The minimum absolute atomic E-state index is 0.399. The molecule has 0 spiro atoms. The molecule has 0 unspecified atom stereocenters. The van der Waals surface area contributed by atoms with Crippen molar-refractivity contribution < 1.29 is 8.42 Å². The predicted octanol–water partition coefficient (Wildman–Crippen LogP) is 3.27. The number of hydrogen-bond acceptors (Lipinski definition) is 2. The highest BCUT2D eigenvalue weighted by Crippen LogP contribution is 2.22. The Labute approximate surface area is 96.8 Å². The van der Waals surface area contributed by atoms with E-state index in [1.165, 1.54) is 6.26 Å². The first-order valence-electron chi connectivity index (χ1n) is 5.27. The Morgan fingerprint density at radius 2 is 1.44 bits per heavy atom. The van der Waals surface area contributed by atoms with Gasteiger partial charge in [-0.15, -0.1) is 0 Å². The zero-order valence-corrected chi connectivity index (χ0v) is 10.6. The molecule has 0 saturated carbocycles. The van der Waals surface area contributed by atoms with Crippen LogP contribution < -0.4 is 0 Å². The molecule has 2 aromatic rings. The molecular weight excluding hydrogens is 220 g/mol. The van der Waals surface area contributed by atoms with Crippen molar-refractivity contribution >= 4 is 20.6 Å². The first-order valence-corrected chi connectivity index (χ1v) is 7.16. The van der Waals surface area contributed by atoms with Crippen molar-refractivity contribution in [2.45, 2.75) is 18.7 Å². The molecule has 0 atom stereocenters. The van der Waals surface area contributed by atoms with Gasteiger partial charge in [0.05, 0.1) is 4.90 Å². The molecule has 0 bridgehead atoms. The van der Waals surface area contributed by atoms with Crippen LogP contribution in [0.5, 0.6) is 0 Å². The zero-order chi connectivity index (χ0) is 12.2. The highest BCUT2D eigenvalue weighted by Gasteiger charge is 2.09. The molecule has 0 aliphatic rings. The number of hydrogen-bond donors (Lipinski definition) is 0. The number of sulfone groups is 1. The van der Waals surface area contributed by atoms with Crippen LogP contribution in [-0.4, -0.2) is 14.7 Å². The van der Waals surface area contributed by atoms with E-state index in [0.29, 0.717) is 4.90 Å². The van der Waals surface area contributed by atoms with Crippen LogP contribution in [0.3, 0.4) is 0 Å². The van der Waals surface area contributed by atoms with Gasteiger partial charge in [0.1, 0.15) is 0 Å². The Balaban J connectivity index is 0.000000606. The quantitative estimate of drug-likeness (QED) is 0.761. The molecular formula is C13H16O2S. The second kappa shape index (κ2) is 5.12. The Hall–Kier alpha value is -1.35. The van der Waals surface area contributed by atoms with E-state index < -0.39 is 9.84 Å². The summed E-state index contributed by atoms with van der Waals surface area (Å²) in [6, 6.07) is 12.8. The summed E-state index contributed by atoms with van der Waals surface area (Å²) in [6.07, 6.45) is 1.23. The molecule has 0 aliphatic heterocycles. The van der Waals surface area contributed by atoms with Crippen LogP contribution in [0.1, 0.15) is 13.8 Å². The molecule has 2 rings (SSSR count). The van der Waals surface area contributed by atoms with Crippen LogP contribution in [0.15, 0.2) is 47.4 Å². The van der Waals surface area contributed by atoms with Gasteiger partial charge in [0.25, 0.3) is 0 Å². The molecule has 3 heteroatoms. The van der Waals surface area contributed by atoms with Crippen LogP contribution in [0.4, 0.5) is 0 Å². The minimum atomic E-state index is -3.13. The first kappa shape index (κ1) is 12.7. The molecule has 86 valence electrons. The summed E-state index contributed by atoms with van der Waals surface area (Å²) < 4.78 is 22.9. The molecule has 0 N–H and O–H groups in total. The lowest BCUT2D eigenvalue weighted by atomic mass is 10.1. The predicted molar refractivity (Wildman–Crippen MR) is 68.4 cm³/mol. The number of rotatable bonds is 1. The maximum Gasteiger partial charge on any atom is 0.176 e. The average molecular weight is 236 g/mol. The van der Waals surface area contributed by atoms with Gasteiger partial charge in [-0.25, -0.2) is 8.42 Å². The van der Waals surface area contributed by atoms with Crippen molar-refractivity contribution in [3.8, 4) is 0 Å². The van der Waals surface area contributed by atoms with Gasteiger partial charge < -0.3 is 0 Å². The van der Waals surface area contributed by atoms with E-state index in [0.717, 1.165) is 10.8 Å². The molecule has 2 nitrogen and oxygen atoms in total. The fourth-order valence-electron chi connectivity index (χ4n) is 1.52. The average Bonchev–Trinajstić information content (AvgIpc) is 2.30. The Kier molecular flexibility index (Phi) is 4.07. The molecule has 2 aromatic carbocycles. The van der Waals surface area contributed by atoms with Gasteiger partial charge in [-0.2, -0.15) is 0 Å². The standard InChI is InChI=1S/C11H10O2S.C2H6/c1-14(12,13)11-8-4-6-9-5-2-3-7-10(9)11;1-2/h2-8H,1H3;1-2H3. The van der Waals surface area contributed by atoms with Crippen LogP contribution in [-0.2, 0) is 9.84 Å². The third-order valence-corrected chi connectivity index (χ3v) is 3.30. The Bertz CT molecular complexity index is 566. The SMILES string of the molecule is CC.CS(=O)(=O)c1cccc2ccccc12. The molecule has 0 aromatic heterocycles. The second-order valence-electron chi connectivity index (χ2n) is 3.25. The van der Waals surface area contributed by atoms with Crippen LogP contribution in [0, 0.1) is 0 Å². The first-order chi connectivity index (χ1) is 7.59. The zero-order valence-electron chi connectivity index (χ0n) is 9.77. The molecule has 0 fully saturated rings. The van der Waals surface area contributed by atoms with E-state index in [1.807, 2.05) is 44.2 Å². The molecule has 0 aliphatic carbocycles. The van der Waals surface area contributed by atoms with E-state index in [1.54, 1.807) is 12.1 Å². The molecule has 16 heavy (non-hydrogen) atoms. The summed E-state index contributed by atoms with van der Waals surface area (Å²) in [5.74, 6) is 0. The van der Waals surface area contributed by atoms with E-state index in [4.69, 9.17) is 0 Å². The lowest BCUT2D eigenvalue weighted by Crippen LogP contribution is -1.97. The van der Waals surface area contributed by atoms with Gasteiger partial charge in [0, 0.05) is 11.6 Å². The van der Waals surface area contributed by atoms with Gasteiger partial charge >= 0.3 is 0 Å². The lowest BCUT2D eigenvalue weighted by molar-refractivity contribution is 0.602. The summed E-state index contributed by atoms with van der Waals surface area (Å²) in [5, 5.41) is 1.74. The maximum absolute atomic E-state index is 11.4. The topological polar surface area (TPSA) is 34.1 Å². The van der Waals surface area contributed by atoms with Crippen molar-refractivity contribution in [3.63, 3.8) is 0 Å². The van der Waals surface area contributed by atoms with E-state index >= 15 is 0 Å². The van der Waals surface area contributed by atoms with Gasteiger partial charge in [-0.1, -0.05) is 50.2 Å². The number of fused-ring (bicyclic) bond motifs is 1. The molecule has 0 amide bonds. The van der Waals surface area contributed by atoms with Crippen molar-refractivity contribution in [1.82, 2.24) is 0 Å². The third-order valence-electron chi connectivity index (χ3n) is 2.15. The highest BCUT2D eigenvalue weighted by molar-refractivity contribution is 7.91. The highest BCUT2D eigenvalue weighted by atomic mass is 32.2. The van der Waals surface area contributed by atoms with Crippen LogP contribution >= 0.6 is 0 Å². The summed E-state index contributed by atoms with van der Waals surface area (Å²) in [5.41, 5.74) is 0. The molecule has 0 saturated heterocycles. The Morgan fingerprint density at radius 1 is 0.875 bits per heavy atom. The molecule has 0 heterocycles.